The fraction of sp³-hybridized carbons (Fsp3) is 0.0526. The molecule has 1 aliphatic heterocycles. The second kappa shape index (κ2) is 10.9. The normalized spacial score (nSPS) is 12.5. The molecule has 8 aromatic rings. The largest absolute Gasteiger partial charge is 3.00 e. The van der Waals surface area contributed by atoms with Crippen LogP contribution >= 0.6 is 0 Å². The van der Waals surface area contributed by atoms with E-state index < -0.39 is 0 Å². The number of rotatable bonds is 2. The van der Waals surface area contributed by atoms with Gasteiger partial charge >= 0.3 is 20.1 Å². The van der Waals surface area contributed by atoms with Crippen LogP contribution in [0.25, 0.3) is 49.4 Å². The molecule has 0 atom stereocenters. The molecule has 0 radical (unpaired) electrons. The minimum atomic E-state index is 0. The Balaban J connectivity index is 0.000000182. The summed E-state index contributed by atoms with van der Waals surface area (Å²) in [5.41, 5.74) is 10.5. The van der Waals surface area contributed by atoms with Crippen molar-refractivity contribution in [3.63, 3.8) is 0 Å². The van der Waals surface area contributed by atoms with Gasteiger partial charge in [-0.3, -0.25) is 0 Å². The van der Waals surface area contributed by atoms with E-state index in [4.69, 9.17) is 0 Å². The van der Waals surface area contributed by atoms with E-state index in [-0.39, 0.29) is 20.1 Å². The third kappa shape index (κ3) is 4.36. The Morgan fingerprint density at radius 1 is 0.698 bits per heavy atom. The summed E-state index contributed by atoms with van der Waals surface area (Å²) in [4.78, 5) is 8.77. The summed E-state index contributed by atoms with van der Waals surface area (Å²) in [7, 11) is 2.10. The Hall–Kier alpha value is -4.70. The maximum absolute atomic E-state index is 4.32. The number of nitrogens with zero attached hydrogens (tertiary/aromatic N) is 4. The van der Waals surface area contributed by atoms with Gasteiger partial charge < -0.3 is 19.2 Å². The Morgan fingerprint density at radius 3 is 2.14 bits per heavy atom. The second-order valence-corrected chi connectivity index (χ2v) is 10.7. The number of benzene rings is 5. The molecule has 208 valence electrons. The number of hydrogen-bond donors (Lipinski definition) is 0. The molecule has 0 aliphatic carbocycles. The molecule has 4 heterocycles. The van der Waals surface area contributed by atoms with Crippen molar-refractivity contribution in [2.24, 2.45) is 0 Å². The van der Waals surface area contributed by atoms with Gasteiger partial charge in [-0.2, -0.15) is 18.8 Å². The molecule has 3 aromatic heterocycles. The predicted molar refractivity (Wildman–Crippen MR) is 174 cm³/mol. The van der Waals surface area contributed by atoms with Crippen LogP contribution in [-0.2, 0) is 20.1 Å². The van der Waals surface area contributed by atoms with Gasteiger partial charge in [0.15, 0.2) is 0 Å². The van der Waals surface area contributed by atoms with Crippen LogP contribution in [0, 0.1) is 25.7 Å². The van der Waals surface area contributed by atoms with Gasteiger partial charge in [0.25, 0.3) is 0 Å². The van der Waals surface area contributed by atoms with Crippen molar-refractivity contribution >= 4 is 55.2 Å². The Morgan fingerprint density at radius 2 is 1.40 bits per heavy atom. The van der Waals surface area contributed by atoms with Crippen LogP contribution < -0.4 is 9.80 Å². The quantitative estimate of drug-likeness (QED) is 0.166. The minimum Gasteiger partial charge on any atom is -0.504 e. The van der Waals surface area contributed by atoms with E-state index in [0.29, 0.717) is 0 Å². The van der Waals surface area contributed by atoms with Gasteiger partial charge in [0.2, 0.25) is 0 Å². The molecule has 0 unspecified atom stereocenters. The van der Waals surface area contributed by atoms with Crippen molar-refractivity contribution in [3.8, 4) is 11.3 Å². The third-order valence-electron chi connectivity index (χ3n) is 8.10. The van der Waals surface area contributed by atoms with Gasteiger partial charge in [0, 0.05) is 28.6 Å². The average molecular weight is 732 g/mol. The Bertz CT molecular complexity index is 2200. The van der Waals surface area contributed by atoms with Crippen molar-refractivity contribution in [1.82, 2.24) is 9.38 Å². The monoisotopic (exact) mass is 732 g/mol. The van der Waals surface area contributed by atoms with E-state index >= 15 is 0 Å². The van der Waals surface area contributed by atoms with Crippen LogP contribution in [0.2, 0.25) is 0 Å². The van der Waals surface area contributed by atoms with Crippen LogP contribution in [0.15, 0.2) is 121 Å². The molecule has 0 fully saturated rings. The van der Waals surface area contributed by atoms with Crippen molar-refractivity contribution in [1.29, 1.82) is 0 Å². The molecular weight excluding hydrogens is 705 g/mol. The fourth-order valence-corrected chi connectivity index (χ4v) is 6.18. The van der Waals surface area contributed by atoms with Crippen LogP contribution in [0.5, 0.6) is 0 Å². The van der Waals surface area contributed by atoms with Crippen LogP contribution in [-0.4, -0.2) is 16.4 Å². The average Bonchev–Trinajstić information content (AvgIpc) is 3.69. The molecule has 0 N–H and O–H groups in total. The number of fused-ring (bicyclic) bond motifs is 7. The van der Waals surface area contributed by atoms with Gasteiger partial charge in [-0.15, -0.1) is 41.3 Å². The topological polar surface area (TPSA) is 23.8 Å². The molecule has 0 spiro atoms. The van der Waals surface area contributed by atoms with Crippen LogP contribution in [0.4, 0.5) is 17.1 Å². The van der Waals surface area contributed by atoms with E-state index in [0.717, 1.165) is 16.9 Å². The van der Waals surface area contributed by atoms with Gasteiger partial charge in [0.05, 0.1) is 0 Å². The van der Waals surface area contributed by atoms with Crippen LogP contribution in [0.3, 0.4) is 0 Å². The maximum Gasteiger partial charge on any atom is 3.00 e. The summed E-state index contributed by atoms with van der Waals surface area (Å²) >= 11 is 0. The smallest absolute Gasteiger partial charge is 0.504 e. The van der Waals surface area contributed by atoms with Gasteiger partial charge in [-0.1, -0.05) is 71.7 Å². The number of para-hydroxylation sites is 4. The molecule has 43 heavy (non-hydrogen) atoms. The number of pyridine rings is 1. The Labute approximate surface area is 264 Å². The van der Waals surface area contributed by atoms with E-state index in [1.54, 1.807) is 0 Å². The maximum atomic E-state index is 4.32. The standard InChI is InChI=1S/C26H17N3.C12H10N.Ir/c1-27-16-28(23-13-7-6-12-22(23)27)24-15-14-18-17-8-2-4-10-20(17)29-21-11-5-3-9-19(21)25(24)26(18)29;1-10-7-8-12(13-9-10)11-5-3-2-4-6-11;/h2-14,16H,1H3;2-5,7-9H,1H3;/q-2;-1;+3. The fourth-order valence-electron chi connectivity index (χ4n) is 6.18. The zero-order valence-corrected chi connectivity index (χ0v) is 26.1. The number of anilines is 3. The van der Waals surface area contributed by atoms with Crippen molar-refractivity contribution in [3.05, 3.63) is 146 Å². The molecule has 1 aliphatic rings. The van der Waals surface area contributed by atoms with Gasteiger partial charge in [-0.25, -0.2) is 0 Å². The summed E-state index contributed by atoms with van der Waals surface area (Å²) in [5, 5.41) is 5.07. The van der Waals surface area contributed by atoms with Gasteiger partial charge in [-0.05, 0) is 65.8 Å². The summed E-state index contributed by atoms with van der Waals surface area (Å²) in [6.07, 6.45) is 1.87. The van der Waals surface area contributed by atoms with E-state index in [1.807, 2.05) is 43.5 Å². The molecule has 4 nitrogen and oxygen atoms in total. The molecule has 5 aromatic carbocycles. The molecular formula is C38H27IrN4. The first kappa shape index (κ1) is 27.2. The first-order chi connectivity index (χ1) is 20.7. The zero-order valence-electron chi connectivity index (χ0n) is 23.7. The van der Waals surface area contributed by atoms with E-state index in [2.05, 4.69) is 130 Å². The van der Waals surface area contributed by atoms with Crippen LogP contribution in [0.1, 0.15) is 5.56 Å². The van der Waals surface area contributed by atoms with E-state index in [9.17, 15) is 0 Å². The molecule has 0 saturated heterocycles. The summed E-state index contributed by atoms with van der Waals surface area (Å²) in [6, 6.07) is 46.8. The number of hydrogen-bond acceptors (Lipinski definition) is 3. The third-order valence-corrected chi connectivity index (χ3v) is 8.10. The van der Waals surface area contributed by atoms with Crippen molar-refractivity contribution in [2.75, 3.05) is 16.8 Å². The summed E-state index contributed by atoms with van der Waals surface area (Å²) in [6.45, 7) is 4.19. The number of aromatic nitrogens is 2. The summed E-state index contributed by atoms with van der Waals surface area (Å²) in [5.74, 6) is 0. The molecule has 9 rings (SSSR count). The van der Waals surface area contributed by atoms with Gasteiger partial charge in [0.1, 0.15) is 0 Å². The predicted octanol–water partition coefficient (Wildman–Crippen LogP) is 9.20. The zero-order chi connectivity index (χ0) is 28.2. The van der Waals surface area contributed by atoms with E-state index in [1.165, 1.54) is 55.0 Å². The Kier molecular flexibility index (Phi) is 6.85. The van der Waals surface area contributed by atoms with Crippen molar-refractivity contribution in [2.45, 2.75) is 6.92 Å². The molecule has 5 heteroatoms. The second-order valence-electron chi connectivity index (χ2n) is 10.7. The summed E-state index contributed by atoms with van der Waals surface area (Å²) < 4.78 is 2.42. The minimum absolute atomic E-state index is 0. The molecule has 0 amide bonds. The first-order valence-corrected chi connectivity index (χ1v) is 14.1. The first-order valence-electron chi connectivity index (χ1n) is 14.1. The molecule has 0 bridgehead atoms. The van der Waals surface area contributed by atoms with Crippen molar-refractivity contribution < 1.29 is 20.1 Å². The molecule has 0 saturated carbocycles. The number of aryl methyl sites for hydroxylation is 1. The SMILES string of the molecule is CN1[CH-]N(c2[c-]cc3c4ccccc4n4c5ccccc5c2c34)c2ccccc21.Cc1ccc(-c2[c-]cccc2)nc1.[Ir+3].